The lowest BCUT2D eigenvalue weighted by Gasteiger charge is -2.21. The van der Waals surface area contributed by atoms with E-state index in [2.05, 4.69) is 9.97 Å². The van der Waals surface area contributed by atoms with E-state index in [1.165, 1.54) is 43.7 Å². The quantitative estimate of drug-likeness (QED) is 0.311. The SMILES string of the molecule is O=[N+]([O-])c1ccc2[nH]cc(C3CCCCC3)c2c1.O=[N+]([O-])c1ccc2[nH]ccc2c1. The van der Waals surface area contributed by atoms with E-state index < -0.39 is 4.92 Å². The summed E-state index contributed by atoms with van der Waals surface area (Å²) >= 11 is 0. The van der Waals surface area contributed by atoms with Gasteiger partial charge in [0.05, 0.1) is 9.85 Å². The Kier molecular flexibility index (Phi) is 5.47. The summed E-state index contributed by atoms with van der Waals surface area (Å²) in [5.74, 6) is 0.564. The average Bonchev–Trinajstić information content (AvgIpc) is 3.40. The Bertz CT molecular complexity index is 1200. The van der Waals surface area contributed by atoms with Crippen LogP contribution in [0.3, 0.4) is 0 Å². The third-order valence-corrected chi connectivity index (χ3v) is 5.70. The predicted octanol–water partition coefficient (Wildman–Crippen LogP) is 6.20. The smallest absolute Gasteiger partial charge is 0.270 e. The molecule has 2 heterocycles. The van der Waals surface area contributed by atoms with Crippen molar-refractivity contribution in [1.82, 2.24) is 9.97 Å². The Labute approximate surface area is 172 Å². The van der Waals surface area contributed by atoms with Crippen molar-refractivity contribution in [3.05, 3.63) is 80.7 Å². The number of nitrogens with zero attached hydrogens (tertiary/aromatic N) is 2. The summed E-state index contributed by atoms with van der Waals surface area (Å²) in [6.07, 6.45) is 10.1. The number of benzene rings is 2. The van der Waals surface area contributed by atoms with Crippen LogP contribution in [0, 0.1) is 20.2 Å². The van der Waals surface area contributed by atoms with Crippen LogP contribution in [-0.4, -0.2) is 19.8 Å². The standard InChI is InChI=1S/C14H16N2O2.C8H6N2O2/c17-16(18)11-6-7-14-12(8-11)13(9-15-14)10-4-2-1-3-5-10;11-10(12)7-1-2-8-6(5-7)3-4-9-8/h6-10,15H,1-5H2;1-5,9H. The van der Waals surface area contributed by atoms with Gasteiger partial charge in [-0.1, -0.05) is 19.3 Å². The van der Waals surface area contributed by atoms with Crippen molar-refractivity contribution in [2.24, 2.45) is 0 Å². The Hall–Kier alpha value is -3.68. The summed E-state index contributed by atoms with van der Waals surface area (Å²) in [7, 11) is 0. The van der Waals surface area contributed by atoms with E-state index in [1.54, 1.807) is 36.5 Å². The fourth-order valence-corrected chi connectivity index (χ4v) is 4.15. The van der Waals surface area contributed by atoms with E-state index in [0.717, 1.165) is 21.8 Å². The fourth-order valence-electron chi connectivity index (χ4n) is 4.15. The second-order valence-electron chi connectivity index (χ2n) is 7.57. The van der Waals surface area contributed by atoms with Crippen molar-refractivity contribution in [3.63, 3.8) is 0 Å². The Morgan fingerprint density at radius 1 is 0.800 bits per heavy atom. The summed E-state index contributed by atoms with van der Waals surface area (Å²) in [5.41, 5.74) is 3.48. The van der Waals surface area contributed by atoms with Crippen molar-refractivity contribution in [2.45, 2.75) is 38.0 Å². The maximum atomic E-state index is 10.8. The molecule has 2 N–H and O–H groups in total. The van der Waals surface area contributed by atoms with Gasteiger partial charge < -0.3 is 9.97 Å². The molecule has 1 saturated carbocycles. The molecule has 0 aliphatic heterocycles. The number of aromatic nitrogens is 2. The van der Waals surface area contributed by atoms with Crippen LogP contribution < -0.4 is 0 Å². The van der Waals surface area contributed by atoms with E-state index in [0.29, 0.717) is 5.92 Å². The molecule has 1 aliphatic rings. The van der Waals surface area contributed by atoms with Crippen molar-refractivity contribution in [1.29, 1.82) is 0 Å². The average molecular weight is 406 g/mol. The number of H-pyrrole nitrogens is 2. The monoisotopic (exact) mass is 406 g/mol. The van der Waals surface area contributed by atoms with Crippen LogP contribution in [-0.2, 0) is 0 Å². The van der Waals surface area contributed by atoms with Gasteiger partial charge in [0.1, 0.15) is 0 Å². The molecular weight excluding hydrogens is 384 g/mol. The first-order valence-corrected chi connectivity index (χ1v) is 10.00. The number of non-ortho nitro benzene ring substituents is 2. The molecule has 0 unspecified atom stereocenters. The van der Waals surface area contributed by atoms with Crippen molar-refractivity contribution < 1.29 is 9.85 Å². The Morgan fingerprint density at radius 2 is 1.47 bits per heavy atom. The van der Waals surface area contributed by atoms with Gasteiger partial charge in [0.15, 0.2) is 0 Å². The highest BCUT2D eigenvalue weighted by Crippen LogP contribution is 2.37. The van der Waals surface area contributed by atoms with Gasteiger partial charge in [0.25, 0.3) is 11.4 Å². The van der Waals surface area contributed by atoms with Crippen LogP contribution in [0.25, 0.3) is 21.8 Å². The number of nitro benzene ring substituents is 2. The van der Waals surface area contributed by atoms with Crippen LogP contribution in [0.5, 0.6) is 0 Å². The van der Waals surface area contributed by atoms with Crippen molar-refractivity contribution in [2.75, 3.05) is 0 Å². The first-order chi connectivity index (χ1) is 14.5. The highest BCUT2D eigenvalue weighted by molar-refractivity contribution is 5.86. The molecule has 2 aromatic carbocycles. The lowest BCUT2D eigenvalue weighted by Crippen LogP contribution is -2.03. The topological polar surface area (TPSA) is 118 Å². The van der Waals surface area contributed by atoms with Crippen molar-refractivity contribution in [3.8, 4) is 0 Å². The molecule has 5 rings (SSSR count). The zero-order valence-electron chi connectivity index (χ0n) is 16.3. The molecular formula is C22H22N4O4. The second kappa shape index (κ2) is 8.36. The second-order valence-corrected chi connectivity index (χ2v) is 7.57. The van der Waals surface area contributed by atoms with E-state index in [4.69, 9.17) is 0 Å². The zero-order chi connectivity index (χ0) is 21.1. The third kappa shape index (κ3) is 4.03. The van der Waals surface area contributed by atoms with Crippen LogP contribution >= 0.6 is 0 Å². The number of nitro groups is 2. The fraction of sp³-hybridized carbons (Fsp3) is 0.273. The summed E-state index contributed by atoms with van der Waals surface area (Å²) < 4.78 is 0. The molecule has 0 amide bonds. The maximum absolute atomic E-state index is 10.8. The van der Waals surface area contributed by atoms with Crippen LogP contribution in [0.4, 0.5) is 11.4 Å². The van der Waals surface area contributed by atoms with Gasteiger partial charge >= 0.3 is 0 Å². The predicted molar refractivity (Wildman–Crippen MR) is 116 cm³/mol. The molecule has 4 aromatic rings. The summed E-state index contributed by atoms with van der Waals surface area (Å²) in [4.78, 5) is 26.7. The molecule has 2 aromatic heterocycles. The number of nitrogens with one attached hydrogen (secondary N) is 2. The molecule has 0 saturated heterocycles. The molecule has 154 valence electrons. The molecule has 0 bridgehead atoms. The lowest BCUT2D eigenvalue weighted by atomic mass is 9.84. The van der Waals surface area contributed by atoms with Gasteiger partial charge in [-0.2, -0.15) is 0 Å². The highest BCUT2D eigenvalue weighted by Gasteiger charge is 2.20. The van der Waals surface area contributed by atoms with Crippen LogP contribution in [0.1, 0.15) is 43.6 Å². The normalized spacial score (nSPS) is 14.4. The van der Waals surface area contributed by atoms with E-state index in [1.807, 2.05) is 12.3 Å². The first-order valence-electron chi connectivity index (χ1n) is 10.00. The molecule has 30 heavy (non-hydrogen) atoms. The van der Waals surface area contributed by atoms with Gasteiger partial charge in [-0.3, -0.25) is 20.2 Å². The molecule has 1 fully saturated rings. The molecule has 8 nitrogen and oxygen atoms in total. The Balaban J connectivity index is 0.000000158. The van der Waals surface area contributed by atoms with Gasteiger partial charge in [-0.25, -0.2) is 0 Å². The maximum Gasteiger partial charge on any atom is 0.270 e. The van der Waals surface area contributed by atoms with Gasteiger partial charge in [-0.05, 0) is 42.5 Å². The third-order valence-electron chi connectivity index (χ3n) is 5.70. The first kappa shape index (κ1) is 19.6. The molecule has 8 heteroatoms. The molecule has 0 atom stereocenters. The summed E-state index contributed by atoms with van der Waals surface area (Å²) in [6, 6.07) is 11.6. The van der Waals surface area contributed by atoms with Crippen molar-refractivity contribution >= 4 is 33.2 Å². The minimum absolute atomic E-state index is 0.127. The Morgan fingerprint density at radius 3 is 2.17 bits per heavy atom. The van der Waals surface area contributed by atoms with Gasteiger partial charge in [0, 0.05) is 58.5 Å². The van der Waals surface area contributed by atoms with E-state index in [9.17, 15) is 20.2 Å². The minimum Gasteiger partial charge on any atom is -0.361 e. The molecule has 0 spiro atoms. The largest absolute Gasteiger partial charge is 0.361 e. The molecule has 0 radical (unpaired) electrons. The number of aromatic amines is 2. The lowest BCUT2D eigenvalue weighted by molar-refractivity contribution is -0.384. The number of fused-ring (bicyclic) bond motifs is 2. The van der Waals surface area contributed by atoms with Crippen LogP contribution in [0.2, 0.25) is 0 Å². The summed E-state index contributed by atoms with van der Waals surface area (Å²) in [6.45, 7) is 0. The van der Waals surface area contributed by atoms with E-state index >= 15 is 0 Å². The molecule has 1 aliphatic carbocycles. The van der Waals surface area contributed by atoms with Gasteiger partial charge in [-0.15, -0.1) is 0 Å². The highest BCUT2D eigenvalue weighted by atomic mass is 16.6. The van der Waals surface area contributed by atoms with Gasteiger partial charge in [0.2, 0.25) is 0 Å². The van der Waals surface area contributed by atoms with E-state index in [-0.39, 0.29) is 16.3 Å². The number of hydrogen-bond donors (Lipinski definition) is 2. The summed E-state index contributed by atoms with van der Waals surface area (Å²) in [5, 5.41) is 23.1. The number of hydrogen-bond acceptors (Lipinski definition) is 4. The van der Waals surface area contributed by atoms with Crippen LogP contribution in [0.15, 0.2) is 54.9 Å². The number of rotatable bonds is 3. The minimum atomic E-state index is -0.396. The zero-order valence-corrected chi connectivity index (χ0v) is 16.3.